The fourth-order valence-corrected chi connectivity index (χ4v) is 4.39. The first-order valence-electron chi connectivity index (χ1n) is 11.6. The van der Waals surface area contributed by atoms with Crippen LogP contribution in [0.1, 0.15) is 32.4 Å². The summed E-state index contributed by atoms with van der Waals surface area (Å²) in [6.45, 7) is -2.47. The summed E-state index contributed by atoms with van der Waals surface area (Å²) in [6, 6.07) is 5.08. The van der Waals surface area contributed by atoms with E-state index in [-0.39, 0.29) is 5.75 Å². The molecule has 0 unspecified atom stereocenters. The molecule has 0 aliphatic carbocycles. The summed E-state index contributed by atoms with van der Waals surface area (Å²) in [5.74, 6) is -1.31. The van der Waals surface area contributed by atoms with Gasteiger partial charge in [-0.3, -0.25) is 23.7 Å². The molecule has 1 saturated heterocycles. The summed E-state index contributed by atoms with van der Waals surface area (Å²) in [5, 5.41) is 12.4. The molecule has 0 radical (unpaired) electrons. The van der Waals surface area contributed by atoms with Crippen LogP contribution in [0, 0.1) is 0 Å². The molecule has 2 aromatic rings. The number of halogens is 1. The Morgan fingerprint density at radius 3 is 2.76 bits per heavy atom. The van der Waals surface area contributed by atoms with Gasteiger partial charge in [-0.1, -0.05) is 18.2 Å². The Labute approximate surface area is 193 Å². The highest BCUT2D eigenvalue weighted by atomic mass is 31.2. The van der Waals surface area contributed by atoms with Crippen molar-refractivity contribution in [1.82, 2.24) is 14.6 Å². The normalized spacial score (nSPS) is 30.7. The third-order valence-electron chi connectivity index (χ3n) is 4.80. The van der Waals surface area contributed by atoms with E-state index in [1.807, 2.05) is 10.1 Å². The summed E-state index contributed by atoms with van der Waals surface area (Å²) in [7, 11) is -4.89. The van der Waals surface area contributed by atoms with Gasteiger partial charge in [0, 0.05) is 16.4 Å². The van der Waals surface area contributed by atoms with Crippen molar-refractivity contribution < 1.29 is 38.1 Å². The number of aromatic amines is 1. The lowest BCUT2D eigenvalue weighted by molar-refractivity contribution is -0.118. The van der Waals surface area contributed by atoms with Crippen molar-refractivity contribution in [3.05, 3.63) is 63.4 Å². The van der Waals surface area contributed by atoms with Crippen LogP contribution in [-0.2, 0) is 18.6 Å². The van der Waals surface area contributed by atoms with Crippen LogP contribution in [0.4, 0.5) is 4.39 Å². The highest BCUT2D eigenvalue weighted by Crippen LogP contribution is 2.47. The first-order chi connectivity index (χ1) is 17.0. The average molecular weight is 489 g/mol. The summed E-state index contributed by atoms with van der Waals surface area (Å²) in [5.41, 5.74) is -4.37. The number of hydrogen-bond donors (Lipinski definition) is 3. The van der Waals surface area contributed by atoms with Crippen molar-refractivity contribution in [3.8, 4) is 5.75 Å². The van der Waals surface area contributed by atoms with Gasteiger partial charge < -0.3 is 14.4 Å². The summed E-state index contributed by atoms with van der Waals surface area (Å²) in [4.78, 5) is 37.5. The monoisotopic (exact) mass is 489 g/mol. The molecule has 6 atom stereocenters. The molecule has 0 amide bonds. The van der Waals surface area contributed by atoms with Gasteiger partial charge in [0.15, 0.2) is 11.9 Å². The molecule has 0 spiro atoms. The fraction of sp³-hybridized carbons (Fsp3) is 0.450. The van der Waals surface area contributed by atoms with Gasteiger partial charge >= 0.3 is 13.4 Å². The molecule has 1 aliphatic heterocycles. The minimum atomic E-state index is -4.89. The number of aliphatic hydroxyl groups is 1. The van der Waals surface area contributed by atoms with Crippen LogP contribution >= 0.6 is 7.75 Å². The van der Waals surface area contributed by atoms with Crippen LogP contribution in [0.15, 0.2) is 52.2 Å². The molecule has 33 heavy (non-hydrogen) atoms. The number of Topliss-reactive ketones (excluding diaryl/α,β-unsaturated/α-hetero) is 1. The van der Waals surface area contributed by atoms with E-state index in [1.165, 1.54) is 24.3 Å². The molecule has 3 N–H and O–H groups in total. The zero-order valence-electron chi connectivity index (χ0n) is 21.6. The zero-order chi connectivity index (χ0) is 27.8. The lowest BCUT2D eigenvalue weighted by atomic mass is 9.98. The minimum Gasteiger partial charge on any atom is -0.413 e. The van der Waals surface area contributed by atoms with Crippen LogP contribution in [0.2, 0.25) is 0 Å². The van der Waals surface area contributed by atoms with E-state index < -0.39 is 68.4 Å². The Hall–Kier alpha value is -2.63. The molecular formula is C20H25FN3O8P. The maximum Gasteiger partial charge on any atom is 0.459 e. The number of H-pyrrole nitrogens is 1. The molecule has 1 aromatic carbocycles. The van der Waals surface area contributed by atoms with Gasteiger partial charge in [0.25, 0.3) is 5.56 Å². The van der Waals surface area contributed by atoms with Crippen molar-refractivity contribution in [2.45, 2.75) is 50.8 Å². The third kappa shape index (κ3) is 5.66. The van der Waals surface area contributed by atoms with E-state index in [1.54, 1.807) is 6.07 Å². The standard InChI is InChI=1S/C20H25FN3O8P/c1-12(13(2)25)23-33(29,32-14-7-5-4-6-8-14)30-11-15-17(27)20(3,21)18(31-15)24-10-9-16(26)22-19(24)28/h4-10,12,15,17-18,27H,11H2,1-3H3,(H,23,29)(H,22,26,28)/t12-,15+,17+,18+,20+,33-/m0/s1/i1D3,12D. The van der Waals surface area contributed by atoms with Crippen LogP contribution in [-0.4, -0.2) is 50.9 Å². The quantitative estimate of drug-likeness (QED) is 0.443. The number of para-hydroxylation sites is 1. The van der Waals surface area contributed by atoms with Gasteiger partial charge in [-0.15, -0.1) is 0 Å². The van der Waals surface area contributed by atoms with Crippen molar-refractivity contribution in [1.29, 1.82) is 0 Å². The molecule has 180 valence electrons. The summed E-state index contributed by atoms with van der Waals surface area (Å²) < 4.78 is 76.6. The lowest BCUT2D eigenvalue weighted by Gasteiger charge is -2.25. The van der Waals surface area contributed by atoms with Gasteiger partial charge in [-0.2, -0.15) is 0 Å². The number of carbonyl (C=O) groups excluding carboxylic acids is 1. The number of ether oxygens (including phenoxy) is 1. The second kappa shape index (κ2) is 9.70. The Kier molecular flexibility index (Phi) is 5.82. The number of aliphatic hydroxyl groups excluding tert-OH is 1. The van der Waals surface area contributed by atoms with E-state index in [0.717, 1.165) is 26.1 Å². The molecule has 11 nitrogen and oxygen atoms in total. The number of aromatic nitrogens is 2. The molecule has 1 aromatic heterocycles. The maximum absolute atomic E-state index is 15.4. The predicted molar refractivity (Wildman–Crippen MR) is 115 cm³/mol. The van der Waals surface area contributed by atoms with E-state index in [4.69, 9.17) is 19.3 Å². The Balaban J connectivity index is 1.90. The first kappa shape index (κ1) is 19.8. The van der Waals surface area contributed by atoms with Gasteiger partial charge in [-0.25, -0.2) is 18.8 Å². The van der Waals surface area contributed by atoms with Crippen molar-refractivity contribution in [3.63, 3.8) is 0 Å². The van der Waals surface area contributed by atoms with Gasteiger partial charge in [-0.05, 0) is 32.8 Å². The smallest absolute Gasteiger partial charge is 0.413 e. The molecule has 0 saturated carbocycles. The van der Waals surface area contributed by atoms with Crippen LogP contribution in [0.5, 0.6) is 5.75 Å². The predicted octanol–water partition coefficient (Wildman–Crippen LogP) is 1.29. The number of nitrogens with zero attached hydrogens (tertiary/aromatic N) is 1. The molecule has 0 bridgehead atoms. The molecule has 13 heteroatoms. The topological polar surface area (TPSA) is 149 Å². The number of carbonyl (C=O) groups is 1. The largest absolute Gasteiger partial charge is 0.459 e. The molecule has 3 rings (SSSR count). The van der Waals surface area contributed by atoms with Crippen LogP contribution in [0.25, 0.3) is 0 Å². The van der Waals surface area contributed by atoms with Gasteiger partial charge in [0.2, 0.25) is 0 Å². The van der Waals surface area contributed by atoms with Crippen molar-refractivity contribution in [2.24, 2.45) is 0 Å². The first-order valence-corrected chi connectivity index (χ1v) is 11.2. The summed E-state index contributed by atoms with van der Waals surface area (Å²) in [6.07, 6.45) is -4.32. The van der Waals surface area contributed by atoms with E-state index in [2.05, 4.69) is 0 Å². The molecule has 2 heterocycles. The average Bonchev–Trinajstić information content (AvgIpc) is 3.01. The molecule has 1 aliphatic rings. The number of hydrogen-bond acceptors (Lipinski definition) is 8. The van der Waals surface area contributed by atoms with Crippen LogP contribution < -0.4 is 20.9 Å². The molecule has 1 fully saturated rings. The SMILES string of the molecule is [2H]C([2H])([2H])[C@]([2H])(N[P@](=O)(OC[C@H]1O[C@@H](n2ccc(=O)[nH]c2=O)[C@](C)(F)[C@@H]1O)Oc1ccccc1)C(C)=O. The summed E-state index contributed by atoms with van der Waals surface area (Å²) >= 11 is 0. The lowest BCUT2D eigenvalue weighted by Crippen LogP contribution is -2.43. The van der Waals surface area contributed by atoms with Crippen molar-refractivity contribution >= 4 is 13.5 Å². The number of benzene rings is 1. The Morgan fingerprint density at radius 1 is 1.45 bits per heavy atom. The maximum atomic E-state index is 15.4. The fourth-order valence-electron chi connectivity index (χ4n) is 3.05. The number of alkyl halides is 1. The van der Waals surface area contributed by atoms with E-state index in [9.17, 15) is 24.1 Å². The highest BCUT2D eigenvalue weighted by molar-refractivity contribution is 7.52. The van der Waals surface area contributed by atoms with E-state index >= 15 is 4.39 Å². The molecular weight excluding hydrogens is 460 g/mol. The van der Waals surface area contributed by atoms with Crippen molar-refractivity contribution in [2.75, 3.05) is 6.61 Å². The minimum absolute atomic E-state index is 0.0873. The number of rotatable bonds is 9. The Morgan fingerprint density at radius 2 is 2.15 bits per heavy atom. The van der Waals surface area contributed by atoms with Gasteiger partial charge in [0.1, 0.15) is 23.7 Å². The van der Waals surface area contributed by atoms with E-state index in [0.29, 0.717) is 4.57 Å². The Bertz CT molecular complexity index is 1300. The second-order valence-electron chi connectivity index (χ2n) is 7.38. The zero-order valence-corrected chi connectivity index (χ0v) is 18.5. The second-order valence-corrected chi connectivity index (χ2v) is 9.04. The van der Waals surface area contributed by atoms with Gasteiger partial charge in [0.05, 0.1) is 14.0 Å². The third-order valence-corrected chi connectivity index (χ3v) is 6.24. The highest BCUT2D eigenvalue weighted by Gasteiger charge is 2.55. The number of nitrogens with one attached hydrogen (secondary N) is 2. The van der Waals surface area contributed by atoms with Crippen LogP contribution in [0.3, 0.4) is 0 Å². The number of ketones is 1.